The van der Waals surface area contributed by atoms with E-state index < -0.39 is 20.5 Å². The Kier molecular flexibility index (Phi) is 10.7. The SMILES string of the molecule is CCCN(CCC)S(=O)(=O)c1ccc(C(=O)Cl)cc1.N#Cc1ccc(C(=O)Cl)cc1. The van der Waals surface area contributed by atoms with Crippen LogP contribution in [0.25, 0.3) is 0 Å². The van der Waals surface area contributed by atoms with Crippen molar-refractivity contribution in [3.05, 3.63) is 65.2 Å². The zero-order chi connectivity index (χ0) is 22.7. The fourth-order valence-corrected chi connectivity index (χ4v) is 4.31. The molecule has 0 N–H and O–H groups in total. The predicted molar refractivity (Wildman–Crippen MR) is 117 cm³/mol. The summed E-state index contributed by atoms with van der Waals surface area (Å²) in [6.45, 7) is 4.86. The molecule has 0 saturated carbocycles. The zero-order valence-electron chi connectivity index (χ0n) is 16.6. The van der Waals surface area contributed by atoms with Gasteiger partial charge in [0.15, 0.2) is 0 Å². The van der Waals surface area contributed by atoms with Crippen LogP contribution in [-0.4, -0.2) is 36.3 Å². The minimum Gasteiger partial charge on any atom is -0.276 e. The third kappa shape index (κ3) is 7.54. The number of halogens is 2. The topological polar surface area (TPSA) is 95.3 Å². The molecular weight excluding hydrogens is 447 g/mol. The third-order valence-corrected chi connectivity index (χ3v) is 6.26. The molecule has 2 aromatic carbocycles. The first-order valence-corrected chi connectivity index (χ1v) is 11.4. The highest BCUT2D eigenvalue weighted by molar-refractivity contribution is 7.89. The van der Waals surface area contributed by atoms with Crippen LogP contribution in [0.5, 0.6) is 0 Å². The molecule has 0 aromatic heterocycles. The molecule has 0 amide bonds. The molecular formula is C21H22Cl2N2O4S. The van der Waals surface area contributed by atoms with E-state index in [-0.39, 0.29) is 10.5 Å². The van der Waals surface area contributed by atoms with Gasteiger partial charge in [-0.2, -0.15) is 9.57 Å². The predicted octanol–water partition coefficient (Wildman–Crippen LogP) is 4.81. The average Bonchev–Trinajstić information content (AvgIpc) is 2.74. The smallest absolute Gasteiger partial charge is 0.252 e. The molecule has 0 unspecified atom stereocenters. The van der Waals surface area contributed by atoms with Gasteiger partial charge in [0.1, 0.15) is 0 Å². The number of carbonyl (C=O) groups is 2. The van der Waals surface area contributed by atoms with Crippen molar-refractivity contribution in [2.45, 2.75) is 31.6 Å². The van der Waals surface area contributed by atoms with Crippen LogP contribution in [0.1, 0.15) is 53.0 Å². The lowest BCUT2D eigenvalue weighted by Crippen LogP contribution is -2.32. The monoisotopic (exact) mass is 468 g/mol. The number of benzene rings is 2. The lowest BCUT2D eigenvalue weighted by atomic mass is 10.2. The second-order valence-corrected chi connectivity index (χ2v) is 8.79. The Morgan fingerprint density at radius 1 is 0.867 bits per heavy atom. The summed E-state index contributed by atoms with van der Waals surface area (Å²) in [5.74, 6) is 0. The number of carbonyl (C=O) groups excluding carboxylic acids is 2. The average molecular weight is 469 g/mol. The Morgan fingerprint density at radius 2 is 1.27 bits per heavy atom. The lowest BCUT2D eigenvalue weighted by molar-refractivity contribution is 0.107. The molecule has 0 fully saturated rings. The van der Waals surface area contributed by atoms with Crippen molar-refractivity contribution < 1.29 is 18.0 Å². The Balaban J connectivity index is 0.000000346. The van der Waals surface area contributed by atoms with E-state index in [1.807, 2.05) is 19.9 Å². The van der Waals surface area contributed by atoms with Gasteiger partial charge in [-0.15, -0.1) is 0 Å². The highest BCUT2D eigenvalue weighted by atomic mass is 35.5. The molecule has 0 atom stereocenters. The summed E-state index contributed by atoms with van der Waals surface area (Å²) in [5.41, 5.74) is 1.22. The van der Waals surface area contributed by atoms with E-state index in [4.69, 9.17) is 28.5 Å². The van der Waals surface area contributed by atoms with Crippen LogP contribution in [0.3, 0.4) is 0 Å². The number of hydrogen-bond donors (Lipinski definition) is 0. The molecule has 0 spiro atoms. The lowest BCUT2D eigenvalue weighted by Gasteiger charge is -2.21. The van der Waals surface area contributed by atoms with E-state index in [0.29, 0.717) is 24.2 Å². The van der Waals surface area contributed by atoms with Gasteiger partial charge in [-0.1, -0.05) is 13.8 Å². The van der Waals surface area contributed by atoms with Crippen LogP contribution >= 0.6 is 23.2 Å². The fourth-order valence-electron chi connectivity index (χ4n) is 2.43. The second-order valence-electron chi connectivity index (χ2n) is 6.17. The number of hydrogen-bond acceptors (Lipinski definition) is 5. The highest BCUT2D eigenvalue weighted by Crippen LogP contribution is 2.18. The van der Waals surface area contributed by atoms with Crippen molar-refractivity contribution in [2.24, 2.45) is 0 Å². The van der Waals surface area contributed by atoms with Crippen molar-refractivity contribution in [3.8, 4) is 6.07 Å². The number of sulfonamides is 1. The molecule has 0 saturated heterocycles. The van der Waals surface area contributed by atoms with Gasteiger partial charge in [-0.05, 0) is 84.6 Å². The van der Waals surface area contributed by atoms with Crippen molar-refractivity contribution in [1.29, 1.82) is 5.26 Å². The largest absolute Gasteiger partial charge is 0.276 e. The van der Waals surface area contributed by atoms with Gasteiger partial charge in [0.25, 0.3) is 10.5 Å². The van der Waals surface area contributed by atoms with Crippen LogP contribution in [0.4, 0.5) is 0 Å². The quantitative estimate of drug-likeness (QED) is 0.517. The van der Waals surface area contributed by atoms with Gasteiger partial charge >= 0.3 is 0 Å². The maximum atomic E-state index is 12.4. The molecule has 0 aliphatic rings. The van der Waals surface area contributed by atoms with E-state index in [1.165, 1.54) is 40.7 Å². The summed E-state index contributed by atoms with van der Waals surface area (Å²) in [4.78, 5) is 21.7. The maximum absolute atomic E-state index is 12.4. The first kappa shape index (κ1) is 25.8. The molecule has 0 heterocycles. The fraction of sp³-hybridized carbons (Fsp3) is 0.286. The van der Waals surface area contributed by atoms with Crippen LogP contribution < -0.4 is 0 Å². The Hall–Kier alpha value is -2.24. The molecule has 0 aliphatic carbocycles. The summed E-state index contributed by atoms with van der Waals surface area (Å²) >= 11 is 10.5. The number of nitrogens with zero attached hydrogens (tertiary/aromatic N) is 2. The highest BCUT2D eigenvalue weighted by Gasteiger charge is 2.23. The molecule has 6 nitrogen and oxygen atoms in total. The zero-order valence-corrected chi connectivity index (χ0v) is 19.0. The van der Waals surface area contributed by atoms with Crippen LogP contribution in [-0.2, 0) is 10.0 Å². The maximum Gasteiger partial charge on any atom is 0.252 e. The van der Waals surface area contributed by atoms with Gasteiger partial charge in [0.05, 0.1) is 16.5 Å². The van der Waals surface area contributed by atoms with Gasteiger partial charge in [-0.3, -0.25) is 9.59 Å². The molecule has 0 bridgehead atoms. The Labute approximate surface area is 187 Å². The van der Waals surface area contributed by atoms with Crippen molar-refractivity contribution in [2.75, 3.05) is 13.1 Å². The Morgan fingerprint density at radius 3 is 1.60 bits per heavy atom. The normalized spacial score (nSPS) is 10.7. The van der Waals surface area contributed by atoms with Gasteiger partial charge in [0.2, 0.25) is 10.0 Å². The summed E-state index contributed by atoms with van der Waals surface area (Å²) in [7, 11) is -3.49. The summed E-state index contributed by atoms with van der Waals surface area (Å²) in [5, 5.41) is 7.30. The van der Waals surface area contributed by atoms with E-state index in [2.05, 4.69) is 0 Å². The third-order valence-electron chi connectivity index (χ3n) is 3.91. The number of rotatable bonds is 8. The molecule has 2 rings (SSSR count). The second kappa shape index (κ2) is 12.5. The minimum absolute atomic E-state index is 0.191. The van der Waals surface area contributed by atoms with Crippen molar-refractivity contribution in [3.63, 3.8) is 0 Å². The van der Waals surface area contributed by atoms with E-state index >= 15 is 0 Å². The summed E-state index contributed by atoms with van der Waals surface area (Å²) in [6.07, 6.45) is 1.52. The molecule has 30 heavy (non-hydrogen) atoms. The van der Waals surface area contributed by atoms with E-state index in [0.717, 1.165) is 12.8 Å². The van der Waals surface area contributed by atoms with Crippen LogP contribution in [0.2, 0.25) is 0 Å². The summed E-state index contributed by atoms with van der Waals surface area (Å²) in [6, 6.07) is 13.8. The Bertz CT molecular complexity index is 993. The molecule has 0 aliphatic heterocycles. The molecule has 9 heteroatoms. The standard InChI is InChI=1S/C13H18ClNO3S.C8H4ClNO/c1-3-9-15(10-4-2)19(17,18)12-7-5-11(6-8-12)13(14)16;9-8(11)7-3-1-6(5-10)2-4-7/h5-8H,3-4,9-10H2,1-2H3;1-4H. The molecule has 0 radical (unpaired) electrons. The van der Waals surface area contributed by atoms with E-state index in [9.17, 15) is 18.0 Å². The van der Waals surface area contributed by atoms with Crippen molar-refractivity contribution >= 4 is 43.7 Å². The summed E-state index contributed by atoms with van der Waals surface area (Å²) < 4.78 is 26.3. The van der Waals surface area contributed by atoms with Crippen molar-refractivity contribution in [1.82, 2.24) is 4.31 Å². The van der Waals surface area contributed by atoms with Gasteiger partial charge in [0, 0.05) is 24.2 Å². The molecule has 2 aromatic rings. The van der Waals surface area contributed by atoms with E-state index in [1.54, 1.807) is 12.1 Å². The van der Waals surface area contributed by atoms with Crippen LogP contribution in [0.15, 0.2) is 53.4 Å². The first-order chi connectivity index (χ1) is 14.2. The van der Waals surface area contributed by atoms with Gasteiger partial charge < -0.3 is 0 Å². The molecule has 160 valence electrons. The first-order valence-electron chi connectivity index (χ1n) is 9.17. The van der Waals surface area contributed by atoms with Crippen LogP contribution in [0, 0.1) is 11.3 Å². The number of nitriles is 1. The van der Waals surface area contributed by atoms with Gasteiger partial charge in [-0.25, -0.2) is 8.42 Å². The minimum atomic E-state index is -3.49.